The number of benzene rings is 10. The molecule has 0 aliphatic heterocycles. The minimum atomic E-state index is 0.620. The zero-order valence-electron chi connectivity index (χ0n) is 33.4. The smallest absolute Gasteiger partial charge is 0.164 e. The zero-order valence-corrected chi connectivity index (χ0v) is 33.4. The minimum absolute atomic E-state index is 0.620. The van der Waals surface area contributed by atoms with Crippen LogP contribution in [0.15, 0.2) is 212 Å². The Morgan fingerprint density at radius 3 is 1.56 bits per heavy atom. The van der Waals surface area contributed by atoms with Gasteiger partial charge in [0.05, 0.1) is 27.8 Å². The molecule has 0 bridgehead atoms. The van der Waals surface area contributed by atoms with Crippen LogP contribution in [0.4, 0.5) is 0 Å². The highest BCUT2D eigenvalue weighted by Crippen LogP contribution is 2.42. The van der Waals surface area contributed by atoms with Crippen molar-refractivity contribution in [3.05, 3.63) is 212 Å². The zero-order chi connectivity index (χ0) is 40.7. The molecule has 13 aromatic rings. The fraction of sp³-hybridized carbons (Fsp3) is 0. The predicted octanol–water partition coefficient (Wildman–Crippen LogP) is 14.5. The largest absolute Gasteiger partial charge is 0.309 e. The van der Waals surface area contributed by atoms with Crippen LogP contribution in [0.1, 0.15) is 0 Å². The number of aromatic nitrogens is 5. The van der Waals surface area contributed by atoms with Crippen molar-refractivity contribution in [2.75, 3.05) is 0 Å². The maximum Gasteiger partial charge on any atom is 0.164 e. The van der Waals surface area contributed by atoms with E-state index in [2.05, 4.69) is 185 Å². The van der Waals surface area contributed by atoms with Gasteiger partial charge in [-0.1, -0.05) is 164 Å². The molecule has 0 fully saturated rings. The summed E-state index contributed by atoms with van der Waals surface area (Å²) in [5.41, 5.74) is 9.57. The maximum absolute atomic E-state index is 5.19. The third-order valence-corrected chi connectivity index (χ3v) is 12.5. The molecular formula is C57H35N5. The molecule has 5 nitrogen and oxygen atoms in total. The van der Waals surface area contributed by atoms with Gasteiger partial charge in [0.15, 0.2) is 17.5 Å². The number of hydrogen-bond acceptors (Lipinski definition) is 3. The Kier molecular flexibility index (Phi) is 7.54. The molecule has 288 valence electrons. The first-order chi connectivity index (χ1) is 30.7. The van der Waals surface area contributed by atoms with E-state index in [1.54, 1.807) is 0 Å². The Balaban J connectivity index is 1.12. The van der Waals surface area contributed by atoms with E-state index in [0.29, 0.717) is 17.5 Å². The first kappa shape index (κ1) is 34.5. The summed E-state index contributed by atoms with van der Waals surface area (Å²) in [4.78, 5) is 15.4. The minimum Gasteiger partial charge on any atom is -0.309 e. The van der Waals surface area contributed by atoms with Crippen molar-refractivity contribution < 1.29 is 0 Å². The summed E-state index contributed by atoms with van der Waals surface area (Å²) >= 11 is 0. The van der Waals surface area contributed by atoms with Crippen molar-refractivity contribution in [2.45, 2.75) is 0 Å². The number of para-hydroxylation sites is 1. The molecule has 0 atom stereocenters. The fourth-order valence-electron chi connectivity index (χ4n) is 9.65. The van der Waals surface area contributed by atoms with Gasteiger partial charge in [0.1, 0.15) is 0 Å². The topological polar surface area (TPSA) is 48.5 Å². The van der Waals surface area contributed by atoms with Gasteiger partial charge in [0, 0.05) is 49.3 Å². The second-order valence-corrected chi connectivity index (χ2v) is 16.0. The molecule has 0 spiro atoms. The average Bonchev–Trinajstić information content (AvgIpc) is 3.85. The third-order valence-electron chi connectivity index (χ3n) is 12.5. The molecule has 0 aliphatic rings. The molecule has 62 heavy (non-hydrogen) atoms. The van der Waals surface area contributed by atoms with Gasteiger partial charge in [-0.25, -0.2) is 15.0 Å². The highest BCUT2D eigenvalue weighted by Gasteiger charge is 2.21. The Hall–Kier alpha value is -8.41. The van der Waals surface area contributed by atoms with Gasteiger partial charge < -0.3 is 9.13 Å². The van der Waals surface area contributed by atoms with Gasteiger partial charge in [-0.15, -0.1) is 0 Å². The van der Waals surface area contributed by atoms with Crippen LogP contribution in [0.5, 0.6) is 0 Å². The van der Waals surface area contributed by atoms with Crippen LogP contribution in [0.2, 0.25) is 0 Å². The Morgan fingerprint density at radius 2 is 0.839 bits per heavy atom. The fourth-order valence-corrected chi connectivity index (χ4v) is 9.65. The van der Waals surface area contributed by atoms with E-state index in [-0.39, 0.29) is 0 Å². The van der Waals surface area contributed by atoms with Crippen molar-refractivity contribution in [2.24, 2.45) is 0 Å². The standard InChI is InChI=1S/C57H35N5/c1-3-16-37(17-4-1)55-58-56(38-18-5-2-6-19-38)60-57(59-55)42-31-41-22-10-11-23-44(41)51(34-42)62-52-33-40-21-8-7-20-39(40)32-48(52)46-29-28-43(35-53(46)62)61-49-26-14-13-25-47(49)54-45-24-12-9-15-36(45)27-30-50(54)61/h1-35H. The van der Waals surface area contributed by atoms with Crippen molar-refractivity contribution >= 4 is 75.9 Å². The van der Waals surface area contributed by atoms with E-state index in [1.807, 2.05) is 36.4 Å². The van der Waals surface area contributed by atoms with Crippen LogP contribution >= 0.6 is 0 Å². The van der Waals surface area contributed by atoms with Crippen LogP contribution in [0.25, 0.3) is 121 Å². The molecule has 3 aromatic heterocycles. The second-order valence-electron chi connectivity index (χ2n) is 16.0. The summed E-state index contributed by atoms with van der Waals surface area (Å²) in [5.74, 6) is 1.89. The van der Waals surface area contributed by atoms with Crippen LogP contribution in [-0.4, -0.2) is 24.1 Å². The van der Waals surface area contributed by atoms with Crippen molar-refractivity contribution in [1.29, 1.82) is 0 Å². The van der Waals surface area contributed by atoms with E-state index in [4.69, 9.17) is 15.0 Å². The predicted molar refractivity (Wildman–Crippen MR) is 257 cm³/mol. The van der Waals surface area contributed by atoms with Gasteiger partial charge in [0.2, 0.25) is 0 Å². The van der Waals surface area contributed by atoms with E-state index in [1.165, 1.54) is 54.1 Å². The van der Waals surface area contributed by atoms with Gasteiger partial charge in [-0.2, -0.15) is 0 Å². The number of fused-ring (bicyclic) bond motifs is 10. The highest BCUT2D eigenvalue weighted by molar-refractivity contribution is 6.22. The molecule has 0 N–H and O–H groups in total. The number of rotatable bonds is 5. The summed E-state index contributed by atoms with van der Waals surface area (Å²) in [6.07, 6.45) is 0. The Morgan fingerprint density at radius 1 is 0.274 bits per heavy atom. The van der Waals surface area contributed by atoms with Crippen LogP contribution in [0, 0.1) is 0 Å². The SMILES string of the molecule is c1ccc(-c2nc(-c3ccccc3)nc(-c3cc(-n4c5cc(-n6c7ccccc7c7c8ccccc8ccc76)ccc5c5cc6ccccc6cc54)c4ccccc4c3)n2)cc1. The Bertz CT molecular complexity index is 3860. The van der Waals surface area contributed by atoms with E-state index >= 15 is 0 Å². The summed E-state index contributed by atoms with van der Waals surface area (Å²) in [6, 6.07) is 75.9. The van der Waals surface area contributed by atoms with Crippen LogP contribution in [-0.2, 0) is 0 Å². The molecule has 0 saturated heterocycles. The van der Waals surface area contributed by atoms with Gasteiger partial charge >= 0.3 is 0 Å². The lowest BCUT2D eigenvalue weighted by Crippen LogP contribution is -2.02. The molecule has 13 rings (SSSR count). The summed E-state index contributed by atoms with van der Waals surface area (Å²) in [6.45, 7) is 0. The van der Waals surface area contributed by atoms with Gasteiger partial charge in [-0.3, -0.25) is 0 Å². The molecule has 0 radical (unpaired) electrons. The van der Waals surface area contributed by atoms with Crippen LogP contribution < -0.4 is 0 Å². The summed E-state index contributed by atoms with van der Waals surface area (Å²) in [7, 11) is 0. The first-order valence-corrected chi connectivity index (χ1v) is 21.0. The van der Waals surface area contributed by atoms with E-state index in [0.717, 1.165) is 49.9 Å². The van der Waals surface area contributed by atoms with Crippen molar-refractivity contribution in [1.82, 2.24) is 24.1 Å². The van der Waals surface area contributed by atoms with Gasteiger partial charge in [-0.05, 0) is 75.5 Å². The molecule has 0 saturated carbocycles. The molecule has 3 heterocycles. The normalized spacial score (nSPS) is 11.9. The summed E-state index contributed by atoms with van der Waals surface area (Å²) < 4.78 is 4.90. The highest BCUT2D eigenvalue weighted by atomic mass is 15.0. The second kappa shape index (κ2) is 13.6. The lowest BCUT2D eigenvalue weighted by Gasteiger charge is -2.16. The quantitative estimate of drug-likeness (QED) is 0.174. The van der Waals surface area contributed by atoms with E-state index < -0.39 is 0 Å². The molecule has 0 unspecified atom stereocenters. The average molecular weight is 790 g/mol. The van der Waals surface area contributed by atoms with Crippen molar-refractivity contribution in [3.63, 3.8) is 0 Å². The third kappa shape index (κ3) is 5.32. The van der Waals surface area contributed by atoms with Gasteiger partial charge in [0.25, 0.3) is 0 Å². The van der Waals surface area contributed by atoms with E-state index in [9.17, 15) is 0 Å². The number of nitrogens with zero attached hydrogens (tertiary/aromatic N) is 5. The monoisotopic (exact) mass is 789 g/mol. The molecular weight excluding hydrogens is 755 g/mol. The molecule has 10 aromatic carbocycles. The molecule has 5 heteroatoms. The lowest BCUT2D eigenvalue weighted by molar-refractivity contribution is 1.07. The number of hydrogen-bond donors (Lipinski definition) is 0. The molecule has 0 aliphatic carbocycles. The summed E-state index contributed by atoms with van der Waals surface area (Å²) in [5, 5.41) is 12.0. The van der Waals surface area contributed by atoms with Crippen LogP contribution in [0.3, 0.4) is 0 Å². The first-order valence-electron chi connectivity index (χ1n) is 21.0. The maximum atomic E-state index is 5.19. The molecule has 0 amide bonds. The lowest BCUT2D eigenvalue weighted by atomic mass is 10.0. The Labute approximate surface area is 356 Å². The van der Waals surface area contributed by atoms with Crippen molar-refractivity contribution in [3.8, 4) is 45.5 Å².